The Labute approximate surface area is 159 Å². The van der Waals surface area contributed by atoms with Gasteiger partial charge in [-0.25, -0.2) is 4.85 Å². The summed E-state index contributed by atoms with van der Waals surface area (Å²) in [4.78, 5) is 16.3. The van der Waals surface area contributed by atoms with Crippen LogP contribution in [0.15, 0.2) is 16.3 Å². The van der Waals surface area contributed by atoms with Gasteiger partial charge in [0.2, 0.25) is 5.70 Å². The number of nitrogens with zero attached hydrogens (tertiary/aromatic N) is 4. The van der Waals surface area contributed by atoms with Crippen molar-refractivity contribution in [1.82, 2.24) is 14.9 Å². The number of rotatable bonds is 1. The molecule has 0 saturated heterocycles. The molecule has 6 nitrogen and oxygen atoms in total. The van der Waals surface area contributed by atoms with Crippen LogP contribution in [0.4, 0.5) is 0 Å². The maximum atomic E-state index is 12.8. The van der Waals surface area contributed by atoms with Crippen LogP contribution in [0.3, 0.4) is 0 Å². The quantitative estimate of drug-likeness (QED) is 0.719. The fraction of sp³-hybridized carbons (Fsp3) is 0.524. The van der Waals surface area contributed by atoms with Gasteiger partial charge in [0.15, 0.2) is 5.78 Å². The highest BCUT2D eigenvalue weighted by Gasteiger charge is 2.55. The molecule has 0 N–H and O–H groups in total. The lowest BCUT2D eigenvalue weighted by Crippen LogP contribution is -2.50. The van der Waals surface area contributed by atoms with Crippen molar-refractivity contribution >= 4 is 5.78 Å². The number of allylic oxidation sites excluding steroid dienone is 2. The molecule has 0 aromatic carbocycles. The molecule has 0 aliphatic heterocycles. The zero-order chi connectivity index (χ0) is 19.7. The van der Waals surface area contributed by atoms with Crippen molar-refractivity contribution in [2.24, 2.45) is 18.4 Å². The smallest absolute Gasteiger partial charge is 0.226 e. The van der Waals surface area contributed by atoms with Crippen molar-refractivity contribution in [2.45, 2.75) is 52.9 Å². The molecule has 2 aliphatic rings. The van der Waals surface area contributed by atoms with E-state index in [-0.39, 0.29) is 17.4 Å². The molecule has 27 heavy (non-hydrogen) atoms. The van der Waals surface area contributed by atoms with Crippen molar-refractivity contribution < 1.29 is 9.32 Å². The average Bonchev–Trinajstić information content (AvgIpc) is 3.10. The molecule has 0 radical (unpaired) electrons. The minimum Gasteiger partial charge on any atom is -0.361 e. The van der Waals surface area contributed by atoms with Gasteiger partial charge in [-0.3, -0.25) is 4.68 Å². The highest BCUT2D eigenvalue weighted by atomic mass is 16.5. The van der Waals surface area contributed by atoms with Gasteiger partial charge < -0.3 is 9.32 Å². The molecule has 6 heteroatoms. The Morgan fingerprint density at radius 1 is 1.33 bits per heavy atom. The van der Waals surface area contributed by atoms with Gasteiger partial charge in [-0.15, -0.1) is 0 Å². The lowest BCUT2D eigenvalue weighted by molar-refractivity contribution is -0.128. The number of carbonyl (C=O) groups is 1. The summed E-state index contributed by atoms with van der Waals surface area (Å²) in [6.07, 6.45) is 3.59. The summed E-state index contributed by atoms with van der Waals surface area (Å²) in [5.41, 5.74) is 4.23. The molecule has 0 fully saturated rings. The molecule has 4 rings (SSSR count). The predicted octanol–water partition coefficient (Wildman–Crippen LogP) is 3.92. The predicted molar refractivity (Wildman–Crippen MR) is 101 cm³/mol. The Bertz CT molecular complexity index is 1030. The molecule has 0 saturated carbocycles. The molecule has 2 aromatic rings. The fourth-order valence-corrected chi connectivity index (χ4v) is 5.33. The van der Waals surface area contributed by atoms with Gasteiger partial charge in [0.05, 0.1) is 29.2 Å². The minimum absolute atomic E-state index is 0.0506. The lowest BCUT2D eigenvalue weighted by atomic mass is 9.53. The maximum Gasteiger partial charge on any atom is 0.226 e. The molecule has 0 bridgehead atoms. The molecular weight excluding hydrogens is 340 g/mol. The van der Waals surface area contributed by atoms with E-state index in [1.165, 1.54) is 5.56 Å². The van der Waals surface area contributed by atoms with Gasteiger partial charge in [0, 0.05) is 23.4 Å². The molecule has 0 spiro atoms. The SMILES string of the molecule is [C-]#[N+]C1=C[C@]2(C)c3nn(C)c(-c4c(C)noc4C)c3CC[C@H]2C(C)(C)C1=O. The van der Waals surface area contributed by atoms with Crippen molar-refractivity contribution in [1.29, 1.82) is 0 Å². The van der Waals surface area contributed by atoms with Crippen LogP contribution in [-0.2, 0) is 23.7 Å². The van der Waals surface area contributed by atoms with E-state index in [9.17, 15) is 4.79 Å². The number of carbonyl (C=O) groups excluding carboxylic acids is 1. The normalized spacial score (nSPS) is 26.2. The van der Waals surface area contributed by atoms with Crippen LogP contribution in [0.5, 0.6) is 0 Å². The Kier molecular flexibility index (Phi) is 3.55. The van der Waals surface area contributed by atoms with Crippen LogP contribution in [0.2, 0.25) is 0 Å². The molecule has 0 amide bonds. The maximum absolute atomic E-state index is 12.8. The number of aromatic nitrogens is 3. The Balaban J connectivity index is 2.00. The van der Waals surface area contributed by atoms with Gasteiger partial charge in [0.25, 0.3) is 0 Å². The largest absolute Gasteiger partial charge is 0.361 e. The summed E-state index contributed by atoms with van der Waals surface area (Å²) in [6, 6.07) is 0. The summed E-state index contributed by atoms with van der Waals surface area (Å²) in [5, 5.41) is 9.00. The van der Waals surface area contributed by atoms with E-state index >= 15 is 0 Å². The first-order valence-corrected chi connectivity index (χ1v) is 9.27. The third-order valence-electron chi connectivity index (χ3n) is 6.58. The topological polar surface area (TPSA) is 65.3 Å². The van der Waals surface area contributed by atoms with Crippen LogP contribution in [0.1, 0.15) is 49.9 Å². The van der Waals surface area contributed by atoms with E-state index in [4.69, 9.17) is 16.2 Å². The second-order valence-corrected chi connectivity index (χ2v) is 8.56. The highest BCUT2D eigenvalue weighted by Crippen LogP contribution is 2.55. The van der Waals surface area contributed by atoms with E-state index < -0.39 is 10.8 Å². The second-order valence-electron chi connectivity index (χ2n) is 8.56. The summed E-state index contributed by atoms with van der Waals surface area (Å²) >= 11 is 0. The summed E-state index contributed by atoms with van der Waals surface area (Å²) in [6.45, 7) is 17.4. The van der Waals surface area contributed by atoms with Crippen molar-refractivity contribution in [3.05, 3.63) is 45.9 Å². The Morgan fingerprint density at radius 3 is 2.63 bits per heavy atom. The van der Waals surface area contributed by atoms with Gasteiger partial charge >= 0.3 is 0 Å². The first-order valence-electron chi connectivity index (χ1n) is 9.27. The van der Waals surface area contributed by atoms with Crippen LogP contribution in [0, 0.1) is 31.8 Å². The first kappa shape index (κ1) is 17.7. The molecule has 2 heterocycles. The lowest BCUT2D eigenvalue weighted by Gasteiger charge is -2.49. The van der Waals surface area contributed by atoms with E-state index in [1.807, 2.05) is 45.5 Å². The number of aryl methyl sites for hydroxylation is 3. The van der Waals surface area contributed by atoms with Crippen LogP contribution < -0.4 is 0 Å². The Hall–Kier alpha value is -2.68. The Morgan fingerprint density at radius 2 is 2.04 bits per heavy atom. The zero-order valence-electron chi connectivity index (χ0n) is 16.7. The molecular formula is C21H24N4O2. The summed E-state index contributed by atoms with van der Waals surface area (Å²) < 4.78 is 7.29. The molecule has 2 atom stereocenters. The third-order valence-corrected chi connectivity index (χ3v) is 6.58. The number of fused-ring (bicyclic) bond motifs is 3. The highest BCUT2D eigenvalue weighted by molar-refractivity contribution is 6.02. The van der Waals surface area contributed by atoms with Gasteiger partial charge in [-0.1, -0.05) is 32.0 Å². The van der Waals surface area contributed by atoms with Crippen LogP contribution in [0.25, 0.3) is 16.1 Å². The van der Waals surface area contributed by atoms with E-state index in [0.29, 0.717) is 0 Å². The number of ketones is 1. The number of hydrogen-bond donors (Lipinski definition) is 0. The monoisotopic (exact) mass is 364 g/mol. The van der Waals surface area contributed by atoms with Crippen LogP contribution >= 0.6 is 0 Å². The van der Waals surface area contributed by atoms with Gasteiger partial charge in [-0.05, 0) is 32.6 Å². The first-order chi connectivity index (χ1) is 12.6. The zero-order valence-corrected chi connectivity index (χ0v) is 16.7. The van der Waals surface area contributed by atoms with E-state index in [0.717, 1.165) is 41.2 Å². The third kappa shape index (κ3) is 2.14. The minimum atomic E-state index is -0.582. The molecule has 140 valence electrons. The van der Waals surface area contributed by atoms with Crippen molar-refractivity contribution in [3.8, 4) is 11.3 Å². The standard InChI is InChI=1S/C21H24N4O2/c1-11-16(12(2)27-24-11)17-13-8-9-15-20(3,4)19(26)14(22-6)10-21(15,5)18(13)23-25(17)7/h10,15H,8-9H2,1-5,7H3/t15-,21-/m0/s1. The fourth-order valence-electron chi connectivity index (χ4n) is 5.33. The summed E-state index contributed by atoms with van der Waals surface area (Å²) in [7, 11) is 1.94. The molecule has 2 aliphatic carbocycles. The van der Waals surface area contributed by atoms with Crippen molar-refractivity contribution in [3.63, 3.8) is 0 Å². The molecule has 2 aromatic heterocycles. The van der Waals surface area contributed by atoms with Crippen LogP contribution in [-0.4, -0.2) is 20.7 Å². The summed E-state index contributed by atoms with van der Waals surface area (Å²) in [5.74, 6) is 0.843. The second kappa shape index (κ2) is 5.41. The average molecular weight is 364 g/mol. The van der Waals surface area contributed by atoms with Gasteiger partial charge in [-0.2, -0.15) is 5.10 Å². The number of Topliss-reactive ketones (excluding diaryl/α,β-unsaturated/α-hetero) is 1. The van der Waals surface area contributed by atoms with E-state index in [2.05, 4.69) is 16.9 Å². The molecule has 0 unspecified atom stereocenters. The number of hydrogen-bond acceptors (Lipinski definition) is 4. The van der Waals surface area contributed by atoms with E-state index in [1.54, 1.807) is 0 Å². The van der Waals surface area contributed by atoms with Crippen molar-refractivity contribution in [2.75, 3.05) is 0 Å². The van der Waals surface area contributed by atoms with Gasteiger partial charge in [0.1, 0.15) is 5.76 Å².